The predicted octanol–water partition coefficient (Wildman–Crippen LogP) is 8.29. The molecule has 0 aromatic carbocycles. The van der Waals surface area contributed by atoms with E-state index in [4.69, 9.17) is 9.72 Å². The van der Waals surface area contributed by atoms with Gasteiger partial charge in [-0.1, -0.05) is 123 Å². The maximum absolute atomic E-state index is 5.85. The fraction of sp³-hybridized carbons (Fsp3) is 0.727. The summed E-state index contributed by atoms with van der Waals surface area (Å²) in [7, 11) is -0.411. The van der Waals surface area contributed by atoms with Gasteiger partial charge in [0.2, 0.25) is 5.88 Å². The number of aromatic nitrogens is 3. The maximum atomic E-state index is 5.85. The summed E-state index contributed by atoms with van der Waals surface area (Å²) in [5, 5.41) is 10.1. The van der Waals surface area contributed by atoms with E-state index in [1.165, 1.54) is 113 Å². The molecule has 2 atom stereocenters. The largest absolute Gasteiger partial charge is 0.477 e. The SMILES string of the molecule is CCCCCC(C)CCC(C)CCCC[SiH2]c1ncccc1-c1ccc(OCCCCCCC2CC2)nn1. The molecule has 0 saturated heterocycles. The van der Waals surface area contributed by atoms with Gasteiger partial charge in [0.1, 0.15) is 0 Å². The Morgan fingerprint density at radius 2 is 1.61 bits per heavy atom. The second kappa shape index (κ2) is 18.5. The minimum atomic E-state index is -0.411. The number of unbranched alkanes of at least 4 members (excludes halogenated alkanes) is 6. The summed E-state index contributed by atoms with van der Waals surface area (Å²) in [6, 6.07) is 9.52. The second-order valence-corrected chi connectivity index (χ2v) is 14.0. The third kappa shape index (κ3) is 12.9. The molecule has 0 spiro atoms. The highest BCUT2D eigenvalue weighted by Gasteiger charge is 2.19. The normalized spacial score (nSPS) is 15.2. The highest BCUT2D eigenvalue weighted by molar-refractivity contribution is 6.54. The van der Waals surface area contributed by atoms with Gasteiger partial charge in [-0.15, -0.1) is 10.2 Å². The number of hydrogen-bond donors (Lipinski definition) is 0. The van der Waals surface area contributed by atoms with E-state index in [-0.39, 0.29) is 0 Å². The maximum Gasteiger partial charge on any atom is 0.233 e. The first-order chi connectivity index (χ1) is 18.7. The van der Waals surface area contributed by atoms with E-state index in [1.54, 1.807) is 0 Å². The highest BCUT2D eigenvalue weighted by atomic mass is 28.2. The van der Waals surface area contributed by atoms with Crippen molar-refractivity contribution in [1.29, 1.82) is 0 Å². The molecule has 2 unspecified atom stereocenters. The van der Waals surface area contributed by atoms with Crippen molar-refractivity contribution in [2.75, 3.05) is 6.61 Å². The zero-order valence-corrected chi connectivity index (χ0v) is 26.2. The van der Waals surface area contributed by atoms with Crippen LogP contribution in [-0.4, -0.2) is 31.3 Å². The molecule has 0 radical (unpaired) electrons. The first-order valence-electron chi connectivity index (χ1n) is 16.1. The molecule has 5 heteroatoms. The minimum absolute atomic E-state index is 0.411. The number of hydrogen-bond acceptors (Lipinski definition) is 4. The van der Waals surface area contributed by atoms with Crippen molar-refractivity contribution in [3.63, 3.8) is 0 Å². The van der Waals surface area contributed by atoms with Crippen LogP contribution in [-0.2, 0) is 0 Å². The summed E-state index contributed by atoms with van der Waals surface area (Å²) < 4.78 is 5.85. The van der Waals surface area contributed by atoms with Crippen LogP contribution in [0.4, 0.5) is 0 Å². The summed E-state index contributed by atoms with van der Waals surface area (Å²) in [4.78, 5) is 4.75. The van der Waals surface area contributed by atoms with Gasteiger partial charge in [0.05, 0.1) is 21.8 Å². The lowest BCUT2D eigenvalue weighted by atomic mass is 9.91. The summed E-state index contributed by atoms with van der Waals surface area (Å²) in [6.45, 7) is 7.93. The molecule has 2 aromatic heterocycles. The molecule has 2 heterocycles. The molecule has 212 valence electrons. The first-order valence-corrected chi connectivity index (χ1v) is 17.8. The summed E-state index contributed by atoms with van der Waals surface area (Å²) in [5.74, 6) is 3.45. The number of ether oxygens (including phenoxy) is 1. The molecule has 0 bridgehead atoms. The molecule has 0 aliphatic heterocycles. The zero-order chi connectivity index (χ0) is 26.8. The fourth-order valence-corrected chi connectivity index (χ4v) is 7.19. The monoisotopic (exact) mass is 537 g/mol. The standard InChI is InChI=1S/C33H55N3OSi/c1-4-5-8-14-27(2)18-19-28(3)15-10-12-26-38-33-30(17-13-24-34-33)31-22-23-32(36-35-31)37-25-11-7-6-9-16-29-20-21-29/h13,17,22-24,27-29H,4-12,14-16,18-21,25-26,38H2,1-3H3. The Morgan fingerprint density at radius 3 is 2.32 bits per heavy atom. The lowest BCUT2D eigenvalue weighted by molar-refractivity contribution is 0.290. The number of rotatable bonds is 22. The van der Waals surface area contributed by atoms with Gasteiger partial charge in [0, 0.05) is 23.1 Å². The van der Waals surface area contributed by atoms with E-state index in [2.05, 4.69) is 43.1 Å². The van der Waals surface area contributed by atoms with Crippen molar-refractivity contribution < 1.29 is 4.74 Å². The molecule has 1 fully saturated rings. The van der Waals surface area contributed by atoms with Gasteiger partial charge in [0.25, 0.3) is 0 Å². The van der Waals surface area contributed by atoms with Crippen molar-refractivity contribution in [2.45, 2.75) is 130 Å². The van der Waals surface area contributed by atoms with E-state index in [0.717, 1.165) is 36.5 Å². The number of pyridine rings is 1. The second-order valence-electron chi connectivity index (χ2n) is 12.1. The summed E-state index contributed by atoms with van der Waals surface area (Å²) in [6.07, 6.45) is 23.8. The van der Waals surface area contributed by atoms with Crippen molar-refractivity contribution in [3.05, 3.63) is 30.5 Å². The van der Waals surface area contributed by atoms with Crippen molar-refractivity contribution in [3.8, 4) is 17.1 Å². The van der Waals surface area contributed by atoms with E-state index in [9.17, 15) is 0 Å². The molecular weight excluding hydrogens is 482 g/mol. The van der Waals surface area contributed by atoms with Crippen LogP contribution >= 0.6 is 0 Å². The first kappa shape index (κ1) is 30.8. The fourth-order valence-electron chi connectivity index (χ4n) is 5.45. The lowest BCUT2D eigenvalue weighted by Gasteiger charge is -2.15. The molecule has 0 amide bonds. The van der Waals surface area contributed by atoms with Gasteiger partial charge in [0.15, 0.2) is 0 Å². The molecular formula is C33H55N3OSi. The molecule has 2 aromatic rings. The Kier molecular flexibility index (Phi) is 15.0. The number of nitrogens with zero attached hydrogens (tertiary/aromatic N) is 3. The Morgan fingerprint density at radius 1 is 0.842 bits per heavy atom. The van der Waals surface area contributed by atoms with Crippen LogP contribution in [0.1, 0.15) is 124 Å². The average molecular weight is 538 g/mol. The van der Waals surface area contributed by atoms with Crippen LogP contribution in [0.3, 0.4) is 0 Å². The molecule has 4 nitrogen and oxygen atoms in total. The predicted molar refractivity (Wildman–Crippen MR) is 165 cm³/mol. The van der Waals surface area contributed by atoms with E-state index in [0.29, 0.717) is 5.88 Å². The van der Waals surface area contributed by atoms with Crippen LogP contribution in [0.5, 0.6) is 5.88 Å². The van der Waals surface area contributed by atoms with Crippen LogP contribution in [0.2, 0.25) is 6.04 Å². The van der Waals surface area contributed by atoms with Crippen LogP contribution < -0.4 is 10.1 Å². The van der Waals surface area contributed by atoms with Gasteiger partial charge in [-0.2, -0.15) is 0 Å². The summed E-state index contributed by atoms with van der Waals surface area (Å²) in [5.41, 5.74) is 2.09. The Bertz CT molecular complexity index is 871. The third-order valence-electron chi connectivity index (χ3n) is 8.32. The van der Waals surface area contributed by atoms with Crippen LogP contribution in [0, 0.1) is 17.8 Å². The van der Waals surface area contributed by atoms with Crippen LogP contribution in [0.25, 0.3) is 11.3 Å². The molecule has 38 heavy (non-hydrogen) atoms. The smallest absolute Gasteiger partial charge is 0.233 e. The van der Waals surface area contributed by atoms with Crippen molar-refractivity contribution in [1.82, 2.24) is 15.2 Å². The molecule has 1 aliphatic carbocycles. The summed E-state index contributed by atoms with van der Waals surface area (Å²) >= 11 is 0. The topological polar surface area (TPSA) is 47.9 Å². The Labute approximate surface area is 236 Å². The molecule has 1 saturated carbocycles. The molecule has 3 rings (SSSR count). The van der Waals surface area contributed by atoms with Crippen molar-refractivity contribution in [2.24, 2.45) is 17.8 Å². The van der Waals surface area contributed by atoms with Gasteiger partial charge in [-0.25, -0.2) is 0 Å². The third-order valence-corrected chi connectivity index (χ3v) is 10.2. The Hall–Kier alpha value is -1.75. The van der Waals surface area contributed by atoms with E-state index in [1.807, 2.05) is 18.3 Å². The average Bonchev–Trinajstić information content (AvgIpc) is 3.76. The van der Waals surface area contributed by atoms with E-state index < -0.39 is 9.52 Å². The lowest BCUT2D eigenvalue weighted by Crippen LogP contribution is -2.21. The van der Waals surface area contributed by atoms with Gasteiger partial charge >= 0.3 is 0 Å². The quantitative estimate of drug-likeness (QED) is 0.112. The van der Waals surface area contributed by atoms with Crippen molar-refractivity contribution >= 4 is 14.8 Å². The molecule has 1 aliphatic rings. The Balaban J connectivity index is 1.30. The van der Waals surface area contributed by atoms with Gasteiger partial charge < -0.3 is 4.74 Å². The molecule has 0 N–H and O–H groups in total. The zero-order valence-electron chi connectivity index (χ0n) is 24.8. The highest BCUT2D eigenvalue weighted by Crippen LogP contribution is 2.34. The van der Waals surface area contributed by atoms with Crippen LogP contribution in [0.15, 0.2) is 30.5 Å². The van der Waals surface area contributed by atoms with E-state index >= 15 is 0 Å². The van der Waals surface area contributed by atoms with Gasteiger partial charge in [-0.3, -0.25) is 4.98 Å². The minimum Gasteiger partial charge on any atom is -0.477 e. The van der Waals surface area contributed by atoms with Gasteiger partial charge in [-0.05, 0) is 42.4 Å².